The zero-order valence-corrected chi connectivity index (χ0v) is 16.1. The van der Waals surface area contributed by atoms with Crippen LogP contribution in [0.5, 0.6) is 0 Å². The largest absolute Gasteiger partial charge is 0.469 e. The summed E-state index contributed by atoms with van der Waals surface area (Å²) in [6, 6.07) is 0. The number of carbonyl (C=O) groups excluding carboxylic acids is 2. The Morgan fingerprint density at radius 2 is 2.08 bits per heavy atom. The van der Waals surface area contributed by atoms with Crippen LogP contribution in [0.3, 0.4) is 0 Å². The monoisotopic (exact) mass is 366 g/mol. The highest BCUT2D eigenvalue weighted by molar-refractivity contribution is 5.86. The van der Waals surface area contributed by atoms with E-state index in [1.165, 1.54) is 7.11 Å². The van der Waals surface area contributed by atoms with Crippen molar-refractivity contribution in [3.05, 3.63) is 24.3 Å². The van der Waals surface area contributed by atoms with Crippen molar-refractivity contribution in [2.45, 2.75) is 76.9 Å². The maximum atomic E-state index is 12.1. The maximum Gasteiger partial charge on any atom is 0.305 e. The molecule has 0 saturated heterocycles. The Kier molecular flexibility index (Phi) is 11.1. The minimum absolute atomic E-state index is 0.0404. The molecule has 1 saturated carbocycles. The van der Waals surface area contributed by atoms with Gasteiger partial charge in [0, 0.05) is 24.7 Å². The van der Waals surface area contributed by atoms with Gasteiger partial charge in [0.25, 0.3) is 0 Å². The molecule has 1 fully saturated rings. The van der Waals surface area contributed by atoms with E-state index >= 15 is 0 Å². The third-order valence-electron chi connectivity index (χ3n) is 4.94. The van der Waals surface area contributed by atoms with Crippen molar-refractivity contribution in [1.29, 1.82) is 0 Å². The summed E-state index contributed by atoms with van der Waals surface area (Å²) in [4.78, 5) is 23.2. The number of ether oxygens (including phenoxy) is 1. The third kappa shape index (κ3) is 8.28. The van der Waals surface area contributed by atoms with Crippen molar-refractivity contribution >= 4 is 11.8 Å². The zero-order chi connectivity index (χ0) is 19.4. The molecule has 0 heterocycles. The van der Waals surface area contributed by atoms with Gasteiger partial charge in [-0.1, -0.05) is 50.5 Å². The summed E-state index contributed by atoms with van der Waals surface area (Å²) in [7, 11) is 1.38. The van der Waals surface area contributed by atoms with E-state index in [-0.39, 0.29) is 30.0 Å². The smallest absolute Gasteiger partial charge is 0.305 e. The first kappa shape index (κ1) is 22.6. The quantitative estimate of drug-likeness (QED) is 0.314. The summed E-state index contributed by atoms with van der Waals surface area (Å²) in [6.45, 7) is 2.12. The van der Waals surface area contributed by atoms with Gasteiger partial charge in [-0.15, -0.1) is 0 Å². The molecule has 1 aliphatic carbocycles. The van der Waals surface area contributed by atoms with Gasteiger partial charge >= 0.3 is 5.97 Å². The first-order valence-corrected chi connectivity index (χ1v) is 9.78. The Balaban J connectivity index is 2.46. The molecule has 0 aromatic rings. The van der Waals surface area contributed by atoms with Crippen molar-refractivity contribution in [3.63, 3.8) is 0 Å². The average molecular weight is 366 g/mol. The van der Waals surface area contributed by atoms with Gasteiger partial charge < -0.3 is 14.9 Å². The van der Waals surface area contributed by atoms with Gasteiger partial charge in [-0.05, 0) is 25.7 Å². The molecular weight excluding hydrogens is 332 g/mol. The van der Waals surface area contributed by atoms with Gasteiger partial charge in [0.15, 0.2) is 0 Å². The summed E-state index contributed by atoms with van der Waals surface area (Å²) in [5.41, 5.74) is 0. The second-order valence-corrected chi connectivity index (χ2v) is 7.05. The van der Waals surface area contributed by atoms with Crippen LogP contribution in [-0.4, -0.2) is 41.3 Å². The Labute approximate surface area is 157 Å². The SMILES string of the molecule is CCCCC[C@H](O)/C=C/[C@H]1C(=O)C[C@H](O)[C@@H]1C/C=C/CCCC(=O)OC. The van der Waals surface area contributed by atoms with Crippen LogP contribution in [0, 0.1) is 11.8 Å². The molecule has 1 aliphatic rings. The average Bonchev–Trinajstić information content (AvgIpc) is 2.89. The molecule has 1 rings (SSSR count). The number of rotatable bonds is 12. The second kappa shape index (κ2) is 12.8. The van der Waals surface area contributed by atoms with E-state index in [0.29, 0.717) is 19.3 Å². The van der Waals surface area contributed by atoms with Gasteiger partial charge in [0.1, 0.15) is 5.78 Å². The number of Topliss-reactive ketones (excluding diaryl/α,β-unsaturated/α-hetero) is 1. The minimum Gasteiger partial charge on any atom is -0.469 e. The summed E-state index contributed by atoms with van der Waals surface area (Å²) in [5, 5.41) is 20.2. The van der Waals surface area contributed by atoms with Crippen LogP contribution in [0.2, 0.25) is 0 Å². The number of aliphatic hydroxyl groups excluding tert-OH is 2. The number of unbranched alkanes of at least 4 members (excludes halogenated alkanes) is 3. The van der Waals surface area contributed by atoms with Crippen molar-refractivity contribution in [2.24, 2.45) is 11.8 Å². The van der Waals surface area contributed by atoms with Gasteiger partial charge in [-0.25, -0.2) is 0 Å². The molecule has 0 radical (unpaired) electrons. The number of aliphatic hydroxyl groups is 2. The highest BCUT2D eigenvalue weighted by atomic mass is 16.5. The van der Waals surface area contributed by atoms with E-state index in [1.807, 2.05) is 12.2 Å². The van der Waals surface area contributed by atoms with E-state index in [2.05, 4.69) is 11.7 Å². The topological polar surface area (TPSA) is 83.8 Å². The molecule has 0 unspecified atom stereocenters. The van der Waals surface area contributed by atoms with E-state index < -0.39 is 12.2 Å². The van der Waals surface area contributed by atoms with Gasteiger partial charge in [-0.2, -0.15) is 0 Å². The predicted octanol–water partition coefficient (Wildman–Crippen LogP) is 3.34. The highest BCUT2D eigenvalue weighted by Crippen LogP contribution is 2.33. The molecule has 0 aliphatic heterocycles. The predicted molar refractivity (Wildman–Crippen MR) is 102 cm³/mol. The van der Waals surface area contributed by atoms with Crippen LogP contribution in [0.15, 0.2) is 24.3 Å². The fourth-order valence-electron chi connectivity index (χ4n) is 3.31. The number of allylic oxidation sites excluding steroid dienone is 3. The Morgan fingerprint density at radius 3 is 2.77 bits per heavy atom. The van der Waals surface area contributed by atoms with Gasteiger partial charge in [0.05, 0.1) is 19.3 Å². The van der Waals surface area contributed by atoms with Crippen molar-refractivity contribution in [2.75, 3.05) is 7.11 Å². The van der Waals surface area contributed by atoms with Crippen LogP contribution in [0.1, 0.15) is 64.7 Å². The molecule has 0 bridgehead atoms. The molecule has 5 nitrogen and oxygen atoms in total. The number of methoxy groups -OCH3 is 1. The fourth-order valence-corrected chi connectivity index (χ4v) is 3.31. The lowest BCUT2D eigenvalue weighted by Crippen LogP contribution is -2.19. The summed E-state index contributed by atoms with van der Waals surface area (Å²) in [6.07, 6.45) is 12.9. The summed E-state index contributed by atoms with van der Waals surface area (Å²) >= 11 is 0. The molecule has 2 N–H and O–H groups in total. The van der Waals surface area contributed by atoms with Crippen LogP contribution in [0.4, 0.5) is 0 Å². The lowest BCUT2D eigenvalue weighted by molar-refractivity contribution is -0.140. The van der Waals surface area contributed by atoms with Gasteiger partial charge in [-0.3, -0.25) is 9.59 Å². The zero-order valence-electron chi connectivity index (χ0n) is 16.1. The third-order valence-corrected chi connectivity index (χ3v) is 4.94. The van der Waals surface area contributed by atoms with Crippen molar-refractivity contribution in [3.8, 4) is 0 Å². The standard InChI is InChI=1S/C21H34O5/c1-3-4-7-10-16(22)13-14-18-17(19(23)15-20(18)24)11-8-5-6-9-12-21(25)26-2/h5,8,13-14,16-19,22-23H,3-4,6-7,9-12,15H2,1-2H3/b8-5+,14-13+/t16-,17+,18+,19-/m0/s1. The van der Waals surface area contributed by atoms with Crippen LogP contribution in [-0.2, 0) is 14.3 Å². The van der Waals surface area contributed by atoms with Gasteiger partial charge in [0.2, 0.25) is 0 Å². The Morgan fingerprint density at radius 1 is 1.31 bits per heavy atom. The number of hydrogen-bond acceptors (Lipinski definition) is 5. The van der Waals surface area contributed by atoms with Crippen LogP contribution >= 0.6 is 0 Å². The van der Waals surface area contributed by atoms with Crippen LogP contribution in [0.25, 0.3) is 0 Å². The first-order chi connectivity index (χ1) is 12.5. The maximum absolute atomic E-state index is 12.1. The minimum atomic E-state index is -0.630. The van der Waals surface area contributed by atoms with Crippen LogP contribution < -0.4 is 0 Å². The number of hydrogen-bond donors (Lipinski definition) is 2. The Bertz CT molecular complexity index is 483. The van der Waals surface area contributed by atoms with E-state index in [0.717, 1.165) is 32.1 Å². The van der Waals surface area contributed by atoms with E-state index in [4.69, 9.17) is 0 Å². The second-order valence-electron chi connectivity index (χ2n) is 7.05. The normalized spacial score (nSPS) is 24.6. The number of esters is 1. The molecule has 0 amide bonds. The fraction of sp³-hybridized carbons (Fsp3) is 0.714. The lowest BCUT2D eigenvalue weighted by Gasteiger charge is -2.17. The molecule has 0 aromatic carbocycles. The Hall–Kier alpha value is -1.46. The summed E-state index contributed by atoms with van der Waals surface area (Å²) < 4.78 is 4.59. The van der Waals surface area contributed by atoms with Crippen molar-refractivity contribution in [1.82, 2.24) is 0 Å². The van der Waals surface area contributed by atoms with Crippen molar-refractivity contribution < 1.29 is 24.5 Å². The molecule has 4 atom stereocenters. The molecule has 26 heavy (non-hydrogen) atoms. The molecule has 5 heteroatoms. The lowest BCUT2D eigenvalue weighted by atomic mass is 9.90. The molecule has 0 aromatic heterocycles. The number of carbonyl (C=O) groups is 2. The number of ketones is 1. The molecular formula is C21H34O5. The molecule has 148 valence electrons. The van der Waals surface area contributed by atoms with E-state index in [9.17, 15) is 19.8 Å². The highest BCUT2D eigenvalue weighted by Gasteiger charge is 2.39. The first-order valence-electron chi connectivity index (χ1n) is 9.78. The molecule has 0 spiro atoms. The van der Waals surface area contributed by atoms with E-state index in [1.54, 1.807) is 12.2 Å². The summed E-state index contributed by atoms with van der Waals surface area (Å²) in [5.74, 6) is -0.638.